The highest BCUT2D eigenvalue weighted by atomic mass is 35.5. The second kappa shape index (κ2) is 11.3. The summed E-state index contributed by atoms with van der Waals surface area (Å²) in [5.41, 5.74) is 4.43. The number of rotatable bonds is 8. The van der Waals surface area contributed by atoms with Crippen molar-refractivity contribution >= 4 is 23.7 Å². The van der Waals surface area contributed by atoms with E-state index in [0.29, 0.717) is 40.9 Å². The van der Waals surface area contributed by atoms with E-state index in [1.54, 1.807) is 24.3 Å². The van der Waals surface area contributed by atoms with Crippen LogP contribution in [0.3, 0.4) is 0 Å². The molecule has 0 aliphatic carbocycles. The number of nitrogens with one attached hydrogen (secondary N) is 1. The van der Waals surface area contributed by atoms with Crippen molar-refractivity contribution < 1.29 is 19.0 Å². The van der Waals surface area contributed by atoms with Gasteiger partial charge in [-0.2, -0.15) is 10.4 Å². The van der Waals surface area contributed by atoms with Crippen molar-refractivity contribution in [2.75, 3.05) is 40.0 Å². The zero-order chi connectivity index (χ0) is 22.1. The lowest BCUT2D eigenvalue weighted by atomic mass is 10.1. The van der Waals surface area contributed by atoms with E-state index in [2.05, 4.69) is 16.6 Å². The molecule has 1 aliphatic rings. The Kier molecular flexibility index (Phi) is 8.24. The predicted octanol–water partition coefficient (Wildman–Crippen LogP) is 2.58. The van der Waals surface area contributed by atoms with E-state index in [4.69, 9.17) is 25.8 Å². The van der Waals surface area contributed by atoms with Gasteiger partial charge >= 0.3 is 0 Å². The molecule has 1 amide bonds. The molecule has 0 aromatic heterocycles. The number of benzene rings is 2. The number of methoxy groups -OCH3 is 1. The smallest absolute Gasteiger partial charge is 0.254 e. The van der Waals surface area contributed by atoms with E-state index in [1.807, 2.05) is 17.0 Å². The molecule has 1 N–H and O–H groups in total. The maximum Gasteiger partial charge on any atom is 0.254 e. The van der Waals surface area contributed by atoms with Gasteiger partial charge in [-0.1, -0.05) is 29.8 Å². The Morgan fingerprint density at radius 2 is 2.13 bits per heavy atom. The molecule has 9 heteroatoms. The van der Waals surface area contributed by atoms with Crippen LogP contribution in [0.25, 0.3) is 0 Å². The first-order chi connectivity index (χ1) is 15.1. The molecule has 2 aromatic rings. The van der Waals surface area contributed by atoms with Crippen LogP contribution < -0.4 is 14.9 Å². The van der Waals surface area contributed by atoms with E-state index < -0.39 is 0 Å². The van der Waals surface area contributed by atoms with E-state index in [-0.39, 0.29) is 19.1 Å². The number of amides is 1. The minimum Gasteiger partial charge on any atom is -0.493 e. The molecule has 1 saturated heterocycles. The first kappa shape index (κ1) is 22.6. The molecule has 1 heterocycles. The third kappa shape index (κ3) is 6.43. The molecule has 31 heavy (non-hydrogen) atoms. The first-order valence-corrected chi connectivity index (χ1v) is 10.1. The van der Waals surface area contributed by atoms with E-state index in [1.165, 1.54) is 13.3 Å². The molecule has 162 valence electrons. The standard InChI is InChI=1S/C22H23ClN4O4/c1-29-20-11-16(13-25-26-21(28)14-27-6-8-30-9-7-27)10-19(23)22(20)31-15-18-5-3-2-4-17(18)12-24/h2-5,10-11,13H,6-9,14-15H2,1H3,(H,26,28)/b25-13+. The van der Waals surface area contributed by atoms with Gasteiger partial charge in [-0.3, -0.25) is 9.69 Å². The molecular weight excluding hydrogens is 420 g/mol. The largest absolute Gasteiger partial charge is 0.493 e. The minimum absolute atomic E-state index is 0.171. The third-order valence-electron chi connectivity index (χ3n) is 4.64. The summed E-state index contributed by atoms with van der Waals surface area (Å²) in [6.45, 7) is 3.15. The van der Waals surface area contributed by atoms with Crippen molar-refractivity contribution in [2.45, 2.75) is 6.61 Å². The van der Waals surface area contributed by atoms with Crippen molar-refractivity contribution in [1.29, 1.82) is 5.26 Å². The lowest BCUT2D eigenvalue weighted by molar-refractivity contribution is -0.123. The van der Waals surface area contributed by atoms with Gasteiger partial charge in [0.1, 0.15) is 6.61 Å². The van der Waals surface area contributed by atoms with Gasteiger partial charge in [-0.25, -0.2) is 5.43 Å². The average molecular weight is 443 g/mol. The summed E-state index contributed by atoms with van der Waals surface area (Å²) in [4.78, 5) is 14.0. The normalized spacial score (nSPS) is 14.2. The van der Waals surface area contributed by atoms with Crippen LogP contribution in [0.15, 0.2) is 41.5 Å². The Hall–Kier alpha value is -3.12. The molecule has 0 bridgehead atoms. The lowest BCUT2D eigenvalue weighted by Gasteiger charge is -2.25. The topological polar surface area (TPSA) is 96.2 Å². The number of ether oxygens (including phenoxy) is 3. The van der Waals surface area contributed by atoms with Crippen LogP contribution >= 0.6 is 11.6 Å². The molecule has 0 radical (unpaired) electrons. The summed E-state index contributed by atoms with van der Waals surface area (Å²) < 4.78 is 16.5. The van der Waals surface area contributed by atoms with Crippen molar-refractivity contribution in [3.05, 3.63) is 58.1 Å². The Balaban J connectivity index is 1.62. The van der Waals surface area contributed by atoms with E-state index in [9.17, 15) is 10.1 Å². The van der Waals surface area contributed by atoms with Gasteiger partial charge in [0.25, 0.3) is 5.91 Å². The summed E-state index contributed by atoms with van der Waals surface area (Å²) in [5.74, 6) is 0.584. The summed E-state index contributed by atoms with van der Waals surface area (Å²) in [7, 11) is 1.51. The Morgan fingerprint density at radius 1 is 1.35 bits per heavy atom. The number of halogens is 1. The molecular formula is C22H23ClN4O4. The Labute approximate surface area is 186 Å². The second-order valence-electron chi connectivity index (χ2n) is 6.77. The van der Waals surface area contributed by atoms with Gasteiger partial charge in [-0.15, -0.1) is 0 Å². The highest BCUT2D eigenvalue weighted by Crippen LogP contribution is 2.36. The number of morpholine rings is 1. The van der Waals surface area contributed by atoms with Gasteiger partial charge in [0.15, 0.2) is 11.5 Å². The van der Waals surface area contributed by atoms with Crippen LogP contribution in [-0.4, -0.2) is 57.0 Å². The Morgan fingerprint density at radius 3 is 2.87 bits per heavy atom. The van der Waals surface area contributed by atoms with Crippen molar-refractivity contribution in [2.24, 2.45) is 5.10 Å². The summed E-state index contributed by atoms with van der Waals surface area (Å²) in [6, 6.07) is 12.7. The summed E-state index contributed by atoms with van der Waals surface area (Å²) in [5, 5.41) is 13.5. The predicted molar refractivity (Wildman–Crippen MR) is 116 cm³/mol. The maximum atomic E-state index is 12.0. The zero-order valence-corrected chi connectivity index (χ0v) is 17.9. The van der Waals surface area contributed by atoms with Crippen LogP contribution in [0.4, 0.5) is 0 Å². The highest BCUT2D eigenvalue weighted by molar-refractivity contribution is 6.32. The monoisotopic (exact) mass is 442 g/mol. The number of nitriles is 1. The molecule has 3 rings (SSSR count). The van der Waals surface area contributed by atoms with Crippen molar-refractivity contribution in [3.63, 3.8) is 0 Å². The molecule has 0 spiro atoms. The fraction of sp³-hybridized carbons (Fsp3) is 0.318. The van der Waals surface area contributed by atoms with Crippen molar-refractivity contribution in [1.82, 2.24) is 10.3 Å². The number of carbonyl (C=O) groups is 1. The molecule has 0 atom stereocenters. The summed E-state index contributed by atoms with van der Waals surface area (Å²) in [6.07, 6.45) is 1.49. The fourth-order valence-electron chi connectivity index (χ4n) is 3.04. The lowest BCUT2D eigenvalue weighted by Crippen LogP contribution is -2.42. The van der Waals surface area contributed by atoms with Crippen LogP contribution in [0.5, 0.6) is 11.5 Å². The summed E-state index contributed by atoms with van der Waals surface area (Å²) >= 11 is 6.39. The van der Waals surface area contributed by atoms with E-state index >= 15 is 0 Å². The average Bonchev–Trinajstić information content (AvgIpc) is 2.79. The number of carbonyl (C=O) groups excluding carboxylic acids is 1. The zero-order valence-electron chi connectivity index (χ0n) is 17.1. The Bertz CT molecular complexity index is 984. The van der Waals surface area contributed by atoms with Gasteiger partial charge < -0.3 is 14.2 Å². The van der Waals surface area contributed by atoms with Gasteiger partial charge in [-0.05, 0) is 23.8 Å². The molecule has 8 nitrogen and oxygen atoms in total. The van der Waals surface area contributed by atoms with Crippen LogP contribution in [0.2, 0.25) is 5.02 Å². The van der Waals surface area contributed by atoms with Crippen molar-refractivity contribution in [3.8, 4) is 17.6 Å². The van der Waals surface area contributed by atoms with Gasteiger partial charge in [0, 0.05) is 18.7 Å². The highest BCUT2D eigenvalue weighted by Gasteiger charge is 2.14. The quantitative estimate of drug-likeness (QED) is 0.498. The van der Waals surface area contributed by atoms with E-state index in [0.717, 1.165) is 18.7 Å². The number of nitrogens with zero attached hydrogens (tertiary/aromatic N) is 3. The molecule has 0 unspecified atom stereocenters. The van der Waals surface area contributed by atoms with Gasteiger partial charge in [0.2, 0.25) is 0 Å². The fourth-order valence-corrected chi connectivity index (χ4v) is 3.31. The third-order valence-corrected chi connectivity index (χ3v) is 4.92. The maximum absolute atomic E-state index is 12.0. The van der Waals surface area contributed by atoms with Crippen LogP contribution in [-0.2, 0) is 16.1 Å². The molecule has 1 fully saturated rings. The molecule has 2 aromatic carbocycles. The SMILES string of the molecule is COc1cc(/C=N/NC(=O)CN2CCOCC2)cc(Cl)c1OCc1ccccc1C#N. The number of hydrazone groups is 1. The van der Waals surface area contributed by atoms with Crippen LogP contribution in [0.1, 0.15) is 16.7 Å². The van der Waals surface area contributed by atoms with Crippen LogP contribution in [0, 0.1) is 11.3 Å². The number of hydrogen-bond acceptors (Lipinski definition) is 7. The molecule has 0 saturated carbocycles. The first-order valence-electron chi connectivity index (χ1n) is 9.71. The number of hydrogen-bond donors (Lipinski definition) is 1. The van der Waals surface area contributed by atoms with Gasteiger partial charge in [0.05, 0.1) is 49.7 Å². The minimum atomic E-state index is -0.202. The second-order valence-corrected chi connectivity index (χ2v) is 7.18. The molecule has 1 aliphatic heterocycles.